The predicted octanol–water partition coefficient (Wildman–Crippen LogP) is -2.70. The van der Waals surface area contributed by atoms with Gasteiger partial charge in [0.05, 0.1) is 6.10 Å². The van der Waals surface area contributed by atoms with Crippen LogP contribution in [-0.2, 0) is 9.53 Å². The number of aliphatic imine (C=N–C) groups is 2. The maximum atomic E-state index is 11.0. The molecule has 1 fully saturated rings. The summed E-state index contributed by atoms with van der Waals surface area (Å²) in [7, 11) is 0. The molecular weight excluding hydrogens is 264 g/mol. The summed E-state index contributed by atoms with van der Waals surface area (Å²) >= 11 is 0. The molecule has 0 aromatic heterocycles. The highest BCUT2D eigenvalue weighted by Crippen LogP contribution is 2.39. The van der Waals surface area contributed by atoms with Crippen molar-refractivity contribution >= 4 is 17.9 Å². The van der Waals surface area contributed by atoms with Crippen molar-refractivity contribution < 1.29 is 14.6 Å². The molecule has 0 aliphatic carbocycles. The van der Waals surface area contributed by atoms with Crippen LogP contribution < -0.4 is 16.8 Å². The minimum absolute atomic E-state index is 0.0570. The zero-order valence-electron chi connectivity index (χ0n) is 11.1. The molecule has 0 bridgehead atoms. The first kappa shape index (κ1) is 13.0. The molecule has 3 aliphatic heterocycles. The van der Waals surface area contributed by atoms with Crippen molar-refractivity contribution in [3.05, 3.63) is 0 Å². The molecule has 0 aromatic carbocycles. The Balaban J connectivity index is 1.95. The highest BCUT2D eigenvalue weighted by Gasteiger charge is 2.62. The Morgan fingerprint density at radius 2 is 2.35 bits per heavy atom. The van der Waals surface area contributed by atoms with E-state index in [1.807, 2.05) is 0 Å². The zero-order valence-corrected chi connectivity index (χ0v) is 11.1. The first-order valence-corrected chi connectivity index (χ1v) is 6.49. The number of nitrogens with one attached hydrogen (secondary N) is 1. The maximum Gasteiger partial charge on any atom is 0.302 e. The number of aliphatic hydroxyl groups excluding tert-OH is 1. The summed E-state index contributed by atoms with van der Waals surface area (Å²) < 4.78 is 5.01. The average Bonchev–Trinajstić information content (AvgIpc) is 2.88. The molecular formula is C11H18N6O3. The Bertz CT molecular complexity index is 506. The number of carbonyl (C=O) groups excluding carboxylic acids is 1. The fraction of sp³-hybridized carbons (Fsp3) is 0.727. The molecule has 0 amide bonds. The third-order valence-corrected chi connectivity index (χ3v) is 4.03. The van der Waals surface area contributed by atoms with Crippen LogP contribution in [0.5, 0.6) is 0 Å². The highest BCUT2D eigenvalue weighted by atomic mass is 16.5. The van der Waals surface area contributed by atoms with Crippen LogP contribution in [0.15, 0.2) is 9.98 Å². The molecule has 1 spiro atoms. The Hall–Kier alpha value is -2.03. The van der Waals surface area contributed by atoms with Gasteiger partial charge < -0.3 is 31.5 Å². The molecule has 20 heavy (non-hydrogen) atoms. The van der Waals surface area contributed by atoms with Gasteiger partial charge in [-0.3, -0.25) is 4.79 Å². The van der Waals surface area contributed by atoms with E-state index in [1.165, 1.54) is 6.92 Å². The molecule has 9 nitrogen and oxygen atoms in total. The Morgan fingerprint density at radius 3 is 3.05 bits per heavy atom. The van der Waals surface area contributed by atoms with Crippen molar-refractivity contribution in [3.63, 3.8) is 0 Å². The number of aliphatic hydroxyl groups is 1. The van der Waals surface area contributed by atoms with Gasteiger partial charge in [0, 0.05) is 13.5 Å². The summed E-state index contributed by atoms with van der Waals surface area (Å²) in [5.74, 6) is 0.135. The van der Waals surface area contributed by atoms with E-state index in [0.717, 1.165) is 0 Å². The van der Waals surface area contributed by atoms with E-state index in [2.05, 4.69) is 15.3 Å². The fourth-order valence-corrected chi connectivity index (χ4v) is 3.23. The van der Waals surface area contributed by atoms with Crippen LogP contribution in [0.4, 0.5) is 0 Å². The molecule has 3 heterocycles. The summed E-state index contributed by atoms with van der Waals surface area (Å²) in [6.07, 6.45) is -0.130. The number of hydrogen-bond acceptors (Lipinski definition) is 9. The molecule has 3 aliphatic rings. The van der Waals surface area contributed by atoms with Crippen molar-refractivity contribution in [2.45, 2.75) is 37.2 Å². The third-order valence-electron chi connectivity index (χ3n) is 4.03. The van der Waals surface area contributed by atoms with Crippen LogP contribution in [0.3, 0.4) is 0 Å². The minimum atomic E-state index is -0.874. The summed E-state index contributed by atoms with van der Waals surface area (Å²) in [6.45, 7) is 1.96. The van der Waals surface area contributed by atoms with Gasteiger partial charge in [-0.1, -0.05) is 0 Å². The molecule has 1 saturated heterocycles. The SMILES string of the molecule is CC(=O)OC[C@@H]1N=C(N)N2CC[C@@H](O)[C@@]23NC(N)=N[C@@H]13. The van der Waals surface area contributed by atoms with Gasteiger partial charge in [-0.25, -0.2) is 9.98 Å². The minimum Gasteiger partial charge on any atom is -0.464 e. The normalized spacial score (nSPS) is 38.5. The summed E-state index contributed by atoms with van der Waals surface area (Å²) in [4.78, 5) is 21.4. The number of hydrogen-bond donors (Lipinski definition) is 4. The first-order valence-electron chi connectivity index (χ1n) is 6.49. The van der Waals surface area contributed by atoms with E-state index in [4.69, 9.17) is 16.2 Å². The molecule has 3 rings (SSSR count). The molecule has 4 atom stereocenters. The van der Waals surface area contributed by atoms with Gasteiger partial charge in [-0.15, -0.1) is 0 Å². The second kappa shape index (κ2) is 4.23. The van der Waals surface area contributed by atoms with Crippen molar-refractivity contribution in [1.82, 2.24) is 10.2 Å². The lowest BCUT2D eigenvalue weighted by Gasteiger charge is -2.46. The van der Waals surface area contributed by atoms with E-state index in [0.29, 0.717) is 18.9 Å². The van der Waals surface area contributed by atoms with Gasteiger partial charge in [-0.2, -0.15) is 0 Å². The average molecular weight is 282 g/mol. The van der Waals surface area contributed by atoms with Crippen LogP contribution in [0.1, 0.15) is 13.3 Å². The predicted molar refractivity (Wildman–Crippen MR) is 70.7 cm³/mol. The number of rotatable bonds is 2. The first-order chi connectivity index (χ1) is 9.45. The molecule has 0 saturated carbocycles. The largest absolute Gasteiger partial charge is 0.464 e. The number of ether oxygens (including phenoxy) is 1. The van der Waals surface area contributed by atoms with Crippen molar-refractivity contribution in [3.8, 4) is 0 Å². The summed E-state index contributed by atoms with van der Waals surface area (Å²) in [5, 5.41) is 13.4. The quantitative estimate of drug-likeness (QED) is 0.404. The monoisotopic (exact) mass is 282 g/mol. The van der Waals surface area contributed by atoms with Crippen LogP contribution in [0.2, 0.25) is 0 Å². The smallest absolute Gasteiger partial charge is 0.302 e. The van der Waals surface area contributed by atoms with Crippen molar-refractivity contribution in [1.29, 1.82) is 0 Å². The van der Waals surface area contributed by atoms with Crippen LogP contribution >= 0.6 is 0 Å². The second-order valence-electron chi connectivity index (χ2n) is 5.22. The van der Waals surface area contributed by atoms with Crippen LogP contribution in [0.25, 0.3) is 0 Å². The number of guanidine groups is 2. The lowest BCUT2D eigenvalue weighted by atomic mass is 9.89. The molecule has 110 valence electrons. The third kappa shape index (κ3) is 1.62. The maximum absolute atomic E-state index is 11.0. The van der Waals surface area contributed by atoms with Gasteiger partial charge in [-0.05, 0) is 6.42 Å². The Kier molecular flexibility index (Phi) is 2.75. The second-order valence-corrected chi connectivity index (χ2v) is 5.22. The van der Waals surface area contributed by atoms with Gasteiger partial charge >= 0.3 is 5.97 Å². The lowest BCUT2D eigenvalue weighted by molar-refractivity contribution is -0.142. The summed E-state index contributed by atoms with van der Waals surface area (Å²) in [5.41, 5.74) is 10.9. The molecule has 0 aromatic rings. The molecule has 6 N–H and O–H groups in total. The standard InChI is InChI=1S/C11H18N6O3/c1-5(18)20-4-6-8-11(16-9(12)15-8)7(19)2-3-17(11)10(13)14-6/h6-8,19H,2-4H2,1H3,(H2,13,14)(H3,12,15,16)/t6-,7+,8-,11+/m0/s1. The number of nitrogens with two attached hydrogens (primary N) is 2. The van der Waals surface area contributed by atoms with Gasteiger partial charge in [0.1, 0.15) is 18.7 Å². The van der Waals surface area contributed by atoms with Crippen LogP contribution in [0, 0.1) is 0 Å². The number of carbonyl (C=O) groups is 1. The Labute approximate surface area is 115 Å². The van der Waals surface area contributed by atoms with Gasteiger partial charge in [0.2, 0.25) is 0 Å². The zero-order chi connectivity index (χ0) is 14.5. The van der Waals surface area contributed by atoms with Gasteiger partial charge in [0.25, 0.3) is 0 Å². The van der Waals surface area contributed by atoms with E-state index >= 15 is 0 Å². The molecule has 0 unspecified atom stereocenters. The van der Waals surface area contributed by atoms with Crippen LogP contribution in [-0.4, -0.2) is 64.9 Å². The van der Waals surface area contributed by atoms with E-state index < -0.39 is 29.8 Å². The number of nitrogens with zero attached hydrogens (tertiary/aromatic N) is 3. The van der Waals surface area contributed by atoms with E-state index in [-0.39, 0.29) is 12.6 Å². The Morgan fingerprint density at radius 1 is 1.60 bits per heavy atom. The van der Waals surface area contributed by atoms with E-state index in [9.17, 15) is 9.90 Å². The molecule has 0 radical (unpaired) electrons. The topological polar surface area (TPSA) is 139 Å². The van der Waals surface area contributed by atoms with Crippen molar-refractivity contribution in [2.75, 3.05) is 13.2 Å². The van der Waals surface area contributed by atoms with Gasteiger partial charge in [0.15, 0.2) is 17.6 Å². The highest BCUT2D eigenvalue weighted by molar-refractivity contribution is 5.87. The lowest BCUT2D eigenvalue weighted by Crippen LogP contribution is -2.72. The molecule has 9 heteroatoms. The van der Waals surface area contributed by atoms with Crippen molar-refractivity contribution in [2.24, 2.45) is 21.5 Å². The number of esters is 1. The summed E-state index contributed by atoms with van der Waals surface area (Å²) in [6, 6.07) is -0.900. The van der Waals surface area contributed by atoms with E-state index in [1.54, 1.807) is 4.90 Å². The fourth-order valence-electron chi connectivity index (χ4n) is 3.23.